The van der Waals surface area contributed by atoms with Gasteiger partial charge >= 0.3 is 0 Å². The molecule has 0 unspecified atom stereocenters. The van der Waals surface area contributed by atoms with E-state index in [0.29, 0.717) is 0 Å². The monoisotopic (exact) mass is 262 g/mol. The first-order valence-electron chi connectivity index (χ1n) is 7.01. The van der Waals surface area contributed by atoms with Gasteiger partial charge in [0.1, 0.15) is 0 Å². The van der Waals surface area contributed by atoms with E-state index < -0.39 is 0 Å². The van der Waals surface area contributed by atoms with Gasteiger partial charge in [-0.1, -0.05) is 17.7 Å². The Balaban J connectivity index is 1.74. The summed E-state index contributed by atoms with van der Waals surface area (Å²) in [6.07, 6.45) is 5.22. The quantitative estimate of drug-likeness (QED) is 0.837. The number of nitrogens with zero attached hydrogens (tertiary/aromatic N) is 1. The lowest BCUT2D eigenvalue weighted by atomic mass is 9.74. The highest BCUT2D eigenvalue weighted by Gasteiger charge is 2.46. The zero-order chi connectivity index (χ0) is 12.3. The molecule has 4 fully saturated rings. The van der Waals surface area contributed by atoms with Gasteiger partial charge < -0.3 is 10.2 Å². The summed E-state index contributed by atoms with van der Waals surface area (Å²) in [5.41, 5.74) is 2.73. The standard InChI is InChI=1S/C15H19ClN2/c1-9-2-3-10(16)4-15(9)18-13-5-11-6-14(18)8-12(7-13)17-11/h2-4,11-14,17H,5-8H2,1H3. The van der Waals surface area contributed by atoms with E-state index in [1.807, 2.05) is 6.07 Å². The van der Waals surface area contributed by atoms with Gasteiger partial charge in [0, 0.05) is 34.9 Å². The molecular weight excluding hydrogens is 244 g/mol. The van der Waals surface area contributed by atoms with Crippen molar-refractivity contribution in [2.24, 2.45) is 0 Å². The highest BCUT2D eigenvalue weighted by molar-refractivity contribution is 6.30. The Morgan fingerprint density at radius 3 is 2.33 bits per heavy atom. The molecule has 4 heterocycles. The summed E-state index contributed by atoms with van der Waals surface area (Å²) >= 11 is 6.19. The minimum absolute atomic E-state index is 0.728. The van der Waals surface area contributed by atoms with Gasteiger partial charge in [0.15, 0.2) is 0 Å². The van der Waals surface area contributed by atoms with Crippen LogP contribution in [0.1, 0.15) is 31.2 Å². The van der Waals surface area contributed by atoms with Crippen LogP contribution >= 0.6 is 11.6 Å². The van der Waals surface area contributed by atoms with Crippen LogP contribution in [-0.2, 0) is 0 Å². The Bertz CT molecular complexity index is 457. The predicted octanol–water partition coefficient (Wildman–Crippen LogP) is 3.12. The number of nitrogens with one attached hydrogen (secondary N) is 1. The molecule has 4 saturated heterocycles. The lowest BCUT2D eigenvalue weighted by Crippen LogP contribution is -2.67. The van der Waals surface area contributed by atoms with Gasteiger partial charge in [-0.15, -0.1) is 0 Å². The molecule has 0 amide bonds. The van der Waals surface area contributed by atoms with Crippen LogP contribution in [0.25, 0.3) is 0 Å². The minimum atomic E-state index is 0.728. The van der Waals surface area contributed by atoms with Crippen LogP contribution in [0.5, 0.6) is 0 Å². The van der Waals surface area contributed by atoms with Crippen molar-refractivity contribution in [2.45, 2.75) is 56.8 Å². The maximum atomic E-state index is 6.19. The normalized spacial score (nSPS) is 37.3. The number of rotatable bonds is 1. The fourth-order valence-corrected chi connectivity index (χ4v) is 4.48. The summed E-state index contributed by atoms with van der Waals surface area (Å²) in [4.78, 5) is 2.68. The van der Waals surface area contributed by atoms with Crippen molar-refractivity contribution in [3.8, 4) is 0 Å². The van der Waals surface area contributed by atoms with E-state index in [1.54, 1.807) is 0 Å². The summed E-state index contributed by atoms with van der Waals surface area (Å²) in [6.45, 7) is 2.20. The van der Waals surface area contributed by atoms with Crippen molar-refractivity contribution in [1.29, 1.82) is 0 Å². The first kappa shape index (κ1) is 11.1. The Kier molecular flexibility index (Phi) is 2.40. The average molecular weight is 263 g/mol. The zero-order valence-electron chi connectivity index (χ0n) is 10.7. The van der Waals surface area contributed by atoms with Crippen molar-refractivity contribution < 1.29 is 0 Å². The van der Waals surface area contributed by atoms with E-state index in [9.17, 15) is 0 Å². The lowest BCUT2D eigenvalue weighted by Gasteiger charge is -2.58. The second kappa shape index (κ2) is 3.88. The molecule has 4 aliphatic rings. The topological polar surface area (TPSA) is 15.3 Å². The Labute approximate surface area is 113 Å². The average Bonchev–Trinajstić information content (AvgIpc) is 2.32. The molecule has 2 nitrogen and oxygen atoms in total. The third-order valence-corrected chi connectivity index (χ3v) is 5.17. The summed E-state index contributed by atoms with van der Waals surface area (Å²) in [6, 6.07) is 9.30. The van der Waals surface area contributed by atoms with Crippen LogP contribution in [-0.4, -0.2) is 24.2 Å². The zero-order valence-corrected chi connectivity index (χ0v) is 11.5. The number of hydrogen-bond donors (Lipinski definition) is 1. The molecule has 96 valence electrons. The van der Waals surface area contributed by atoms with E-state index in [0.717, 1.165) is 29.2 Å². The molecule has 4 aliphatic heterocycles. The van der Waals surface area contributed by atoms with Crippen LogP contribution in [0.4, 0.5) is 5.69 Å². The molecule has 0 saturated carbocycles. The molecule has 18 heavy (non-hydrogen) atoms. The van der Waals surface area contributed by atoms with E-state index >= 15 is 0 Å². The molecule has 0 aromatic heterocycles. The molecule has 0 atom stereocenters. The predicted molar refractivity (Wildman–Crippen MR) is 75.4 cm³/mol. The molecule has 0 spiro atoms. The molecule has 3 heteroatoms. The fraction of sp³-hybridized carbons (Fsp3) is 0.600. The van der Waals surface area contributed by atoms with Crippen LogP contribution in [0, 0.1) is 6.92 Å². The molecule has 0 radical (unpaired) electrons. The Hall–Kier alpha value is -0.730. The van der Waals surface area contributed by atoms with Crippen LogP contribution in [0.3, 0.4) is 0 Å². The van der Waals surface area contributed by atoms with Gasteiger partial charge in [-0.25, -0.2) is 0 Å². The third-order valence-electron chi connectivity index (χ3n) is 4.93. The van der Waals surface area contributed by atoms with E-state index in [4.69, 9.17) is 11.6 Å². The summed E-state index contributed by atoms with van der Waals surface area (Å²) in [5, 5.41) is 4.62. The second-order valence-corrected chi connectivity index (χ2v) is 6.59. The molecule has 1 aromatic carbocycles. The Morgan fingerprint density at radius 2 is 1.72 bits per heavy atom. The first-order chi connectivity index (χ1) is 8.70. The van der Waals surface area contributed by atoms with E-state index in [-0.39, 0.29) is 0 Å². The molecule has 1 aromatic rings. The molecule has 4 bridgehead atoms. The van der Waals surface area contributed by atoms with Crippen molar-refractivity contribution in [1.82, 2.24) is 5.32 Å². The SMILES string of the molecule is Cc1ccc(Cl)cc1N1C2CC3CC1CC(C2)N3. The minimum Gasteiger partial charge on any atom is -0.365 e. The van der Waals surface area contributed by atoms with Crippen LogP contribution in [0.2, 0.25) is 5.02 Å². The fourth-order valence-electron chi connectivity index (χ4n) is 4.31. The smallest absolute Gasteiger partial charge is 0.0426 e. The van der Waals surface area contributed by atoms with Crippen molar-refractivity contribution >= 4 is 17.3 Å². The Morgan fingerprint density at radius 1 is 1.11 bits per heavy atom. The highest BCUT2D eigenvalue weighted by Crippen LogP contribution is 2.43. The van der Waals surface area contributed by atoms with Crippen LogP contribution in [0.15, 0.2) is 18.2 Å². The van der Waals surface area contributed by atoms with E-state index in [2.05, 4.69) is 29.3 Å². The van der Waals surface area contributed by atoms with Gasteiger partial charge in [-0.2, -0.15) is 0 Å². The van der Waals surface area contributed by atoms with Crippen molar-refractivity contribution in [3.05, 3.63) is 28.8 Å². The number of benzene rings is 1. The van der Waals surface area contributed by atoms with Crippen LogP contribution < -0.4 is 10.2 Å². The molecule has 0 aliphatic carbocycles. The van der Waals surface area contributed by atoms with Gasteiger partial charge in [-0.05, 0) is 50.3 Å². The molecule has 1 N–H and O–H groups in total. The number of hydrogen-bond acceptors (Lipinski definition) is 2. The molecular formula is C15H19ClN2. The van der Waals surface area contributed by atoms with Gasteiger partial charge in [0.2, 0.25) is 0 Å². The van der Waals surface area contributed by atoms with Gasteiger partial charge in [0.25, 0.3) is 0 Å². The molecule has 5 rings (SSSR count). The lowest BCUT2D eigenvalue weighted by molar-refractivity contribution is 0.134. The number of halogens is 1. The van der Waals surface area contributed by atoms with Crippen molar-refractivity contribution in [2.75, 3.05) is 4.90 Å². The third kappa shape index (κ3) is 1.59. The largest absolute Gasteiger partial charge is 0.365 e. The summed E-state index contributed by atoms with van der Waals surface area (Å²) in [5.74, 6) is 0. The second-order valence-electron chi connectivity index (χ2n) is 6.15. The van der Waals surface area contributed by atoms with Gasteiger partial charge in [-0.3, -0.25) is 0 Å². The highest BCUT2D eigenvalue weighted by atomic mass is 35.5. The first-order valence-corrected chi connectivity index (χ1v) is 7.39. The van der Waals surface area contributed by atoms with Gasteiger partial charge in [0.05, 0.1) is 0 Å². The van der Waals surface area contributed by atoms with E-state index in [1.165, 1.54) is 36.9 Å². The van der Waals surface area contributed by atoms with Crippen molar-refractivity contribution in [3.63, 3.8) is 0 Å². The summed E-state index contributed by atoms with van der Waals surface area (Å²) < 4.78 is 0. The number of anilines is 1. The maximum absolute atomic E-state index is 6.19. The summed E-state index contributed by atoms with van der Waals surface area (Å²) in [7, 11) is 0. The number of aryl methyl sites for hydroxylation is 1. The maximum Gasteiger partial charge on any atom is 0.0426 e. The number of piperidine rings is 4.